The molecule has 3 fully saturated rings. The zero-order valence-corrected chi connectivity index (χ0v) is 31.3. The molecular weight excluding hydrogens is 897 g/mol. The molecule has 0 unspecified atom stereocenters. The Morgan fingerprint density at radius 3 is 1.50 bits per heavy atom. The van der Waals surface area contributed by atoms with Gasteiger partial charge in [-0.2, -0.15) is 51.5 Å². The van der Waals surface area contributed by atoms with Crippen molar-refractivity contribution >= 4 is 57.8 Å². The van der Waals surface area contributed by atoms with Gasteiger partial charge in [-0.05, 0) is 0 Å². The first-order valence-corrected chi connectivity index (χ1v) is 21.4. The minimum Gasteiger partial charge on any atom is -0.479 e. The fraction of sp³-hybridized carbons (Fsp3) is 0.947. The van der Waals surface area contributed by atoms with Gasteiger partial charge >= 0.3 is 57.8 Å². The maximum atomic E-state index is 12.4. The molecule has 0 amide bonds. The van der Waals surface area contributed by atoms with Crippen molar-refractivity contribution in [1.82, 2.24) is 9.44 Å². The van der Waals surface area contributed by atoms with Crippen molar-refractivity contribution in [2.24, 2.45) is 0 Å². The molecule has 0 aliphatic carbocycles. The molecule has 37 heteroatoms. The minimum atomic E-state index is -5.84. The first-order chi connectivity index (χ1) is 25.3. The molecule has 0 bridgehead atoms. The van der Waals surface area contributed by atoms with Crippen molar-refractivity contribution in [2.45, 2.75) is 92.0 Å². The van der Waals surface area contributed by atoms with E-state index in [1.165, 1.54) is 9.44 Å². The van der Waals surface area contributed by atoms with Crippen LogP contribution in [0.4, 0.5) is 0 Å². The monoisotopic (exact) mass is 930 g/mol. The van der Waals surface area contributed by atoms with Gasteiger partial charge in [0, 0.05) is 7.11 Å². The molecule has 0 aromatic rings. The lowest BCUT2D eigenvalue weighted by atomic mass is 9.95. The Balaban J connectivity index is 2.09. The highest BCUT2D eigenvalue weighted by molar-refractivity contribution is 7.84. The molecule has 3 aliphatic heterocycles. The van der Waals surface area contributed by atoms with E-state index in [-0.39, 0.29) is 0 Å². The van der Waals surface area contributed by atoms with Gasteiger partial charge in [-0.15, -0.1) is 0 Å². The summed E-state index contributed by atoms with van der Waals surface area (Å²) in [5.41, 5.74) is 0. The fourth-order valence-electron chi connectivity index (χ4n) is 5.44. The summed E-state index contributed by atoms with van der Waals surface area (Å²) < 4.78 is 207. The standard InChI is InChI=1S/C19H34N2O30S5/c1-43-11-4(2-44-54(34,35)36)47-18(7(9(11)23)21-53(31,32)33)49-13-10(24)14(51-56(40,41)42)19(50-15(13)16(25)26)48-12-5(3-45-55(37,38)39)46-17(27)6(8(12)22)20-52(28,29)30/h4-15,17-24,27H,2-3H2,1H3,(H,25,26)(H,28,29,30)(H,31,32,33)(H,34,35,36)(H,37,38,39)(H,40,41,42)/t4-,5-,6-,7-,8-,9-,10+,11-,12-,13+,14-,15-,17+,18-,19-/m1/s1. The van der Waals surface area contributed by atoms with Crippen LogP contribution in [0.5, 0.6) is 0 Å². The first kappa shape index (κ1) is 48.8. The number of aliphatic carboxylic acids is 1. The van der Waals surface area contributed by atoms with E-state index >= 15 is 0 Å². The summed E-state index contributed by atoms with van der Waals surface area (Å²) in [6, 6.07) is -4.71. The Morgan fingerprint density at radius 1 is 0.589 bits per heavy atom. The smallest absolute Gasteiger partial charge is 0.397 e. The second-order valence-corrected chi connectivity index (χ2v) is 17.0. The molecule has 0 radical (unpaired) electrons. The van der Waals surface area contributed by atoms with Crippen LogP contribution in [0.1, 0.15) is 0 Å². The molecule has 15 atom stereocenters. The van der Waals surface area contributed by atoms with Crippen LogP contribution in [-0.4, -0.2) is 209 Å². The van der Waals surface area contributed by atoms with E-state index in [0.717, 1.165) is 7.11 Å². The number of rotatable bonds is 18. The number of hydrogen-bond donors (Lipinski definition) is 12. The van der Waals surface area contributed by atoms with E-state index in [2.05, 4.69) is 12.5 Å². The van der Waals surface area contributed by atoms with Crippen molar-refractivity contribution in [2.75, 3.05) is 20.3 Å². The van der Waals surface area contributed by atoms with Gasteiger partial charge in [0.1, 0.15) is 60.9 Å². The molecule has 12 N–H and O–H groups in total. The summed E-state index contributed by atoms with van der Waals surface area (Å²) >= 11 is 0. The molecular formula is C19H34N2O30S5. The average Bonchev–Trinajstić information content (AvgIpc) is 3.00. The van der Waals surface area contributed by atoms with Crippen LogP contribution in [0.3, 0.4) is 0 Å². The molecule has 0 aromatic heterocycles. The maximum absolute atomic E-state index is 12.4. The van der Waals surface area contributed by atoms with Gasteiger partial charge in [0.15, 0.2) is 31.1 Å². The van der Waals surface area contributed by atoms with Gasteiger partial charge < -0.3 is 54.0 Å². The van der Waals surface area contributed by atoms with Gasteiger partial charge in [0.05, 0.1) is 13.2 Å². The summed E-state index contributed by atoms with van der Waals surface area (Å²) in [5, 5.41) is 53.3. The second-order valence-electron chi connectivity index (χ2n) is 11.4. The third kappa shape index (κ3) is 14.0. The van der Waals surface area contributed by atoms with E-state index in [1.54, 1.807) is 0 Å². The Morgan fingerprint density at radius 2 is 1.05 bits per heavy atom. The highest BCUT2D eigenvalue weighted by Gasteiger charge is 2.58. The van der Waals surface area contributed by atoms with Crippen LogP contribution in [-0.2, 0) is 97.6 Å². The van der Waals surface area contributed by atoms with Gasteiger partial charge in [0.25, 0.3) is 0 Å². The SMILES string of the molecule is CO[C@H]1[C@H](O)[C@@H](NS(=O)(=O)O)[C@@H](O[C@H]2[C@H](O)[C@@H](OS(=O)(=O)O)[C@H](O[C@H]3[C@H](O)[C@@H](NS(=O)(=O)O)[C@@H](O)O[C@@H]3COS(=O)(=O)O)O[C@H]2C(=O)O)O[C@@H]1COS(=O)(=O)O. The zero-order valence-electron chi connectivity index (χ0n) is 27.3. The van der Waals surface area contributed by atoms with Crippen molar-refractivity contribution in [3.05, 3.63) is 0 Å². The van der Waals surface area contributed by atoms with E-state index < -0.39 is 163 Å². The number of aliphatic hydroxyl groups is 4. The first-order valence-electron chi connectivity index (χ1n) is 14.4. The molecule has 330 valence electrons. The highest BCUT2D eigenvalue weighted by Crippen LogP contribution is 2.35. The van der Waals surface area contributed by atoms with Gasteiger partial charge in [-0.3, -0.25) is 22.8 Å². The number of methoxy groups -OCH3 is 1. The van der Waals surface area contributed by atoms with E-state index in [1.807, 2.05) is 0 Å². The number of carboxylic acids is 1. The summed E-state index contributed by atoms with van der Waals surface area (Å²) in [7, 11) is -26.4. The predicted octanol–water partition coefficient (Wildman–Crippen LogP) is -8.55. The molecule has 3 heterocycles. The number of aliphatic hydroxyl groups excluding tert-OH is 4. The maximum Gasteiger partial charge on any atom is 0.397 e. The summed E-state index contributed by atoms with van der Waals surface area (Å²) in [6.07, 6.45) is -32.4. The van der Waals surface area contributed by atoms with Crippen LogP contribution >= 0.6 is 0 Å². The predicted molar refractivity (Wildman–Crippen MR) is 163 cm³/mol. The lowest BCUT2D eigenvalue weighted by Gasteiger charge is -2.48. The Labute approximate surface area is 315 Å². The van der Waals surface area contributed by atoms with Gasteiger partial charge in [0.2, 0.25) is 0 Å². The molecule has 0 saturated carbocycles. The topological polar surface area (TPSA) is 497 Å². The molecule has 32 nitrogen and oxygen atoms in total. The minimum absolute atomic E-state index is 0.857. The van der Waals surface area contributed by atoms with Gasteiger partial charge in [-0.25, -0.2) is 17.3 Å². The average molecular weight is 931 g/mol. The fourth-order valence-corrected chi connectivity index (χ4v) is 7.73. The number of ether oxygens (including phenoxy) is 6. The number of carbonyl (C=O) groups is 1. The number of hydrogen-bond acceptors (Lipinski definition) is 24. The second kappa shape index (κ2) is 18.4. The van der Waals surface area contributed by atoms with Crippen molar-refractivity contribution in [1.29, 1.82) is 0 Å². The molecule has 3 aliphatic rings. The number of carboxylic acid groups (broad SMARTS) is 1. The normalized spacial score (nSPS) is 37.9. The van der Waals surface area contributed by atoms with Crippen molar-refractivity contribution in [3.63, 3.8) is 0 Å². The van der Waals surface area contributed by atoms with E-state index in [9.17, 15) is 86.1 Å². The van der Waals surface area contributed by atoms with Crippen molar-refractivity contribution < 1.29 is 136 Å². The summed E-state index contributed by atoms with van der Waals surface area (Å²) in [4.78, 5) is 12.4. The largest absolute Gasteiger partial charge is 0.479 e. The molecule has 3 rings (SSSR count). The third-order valence-corrected chi connectivity index (χ3v) is 10.0. The highest BCUT2D eigenvalue weighted by atomic mass is 32.3. The van der Waals surface area contributed by atoms with Gasteiger partial charge in [-0.1, -0.05) is 0 Å². The quantitative estimate of drug-likeness (QED) is 0.0568. The van der Waals surface area contributed by atoms with Crippen LogP contribution in [0.15, 0.2) is 0 Å². The summed E-state index contributed by atoms with van der Waals surface area (Å²) in [6.45, 7) is -2.72. The third-order valence-electron chi connectivity index (χ3n) is 7.55. The lowest BCUT2D eigenvalue weighted by Crippen LogP contribution is -2.70. The zero-order chi connectivity index (χ0) is 42.9. The molecule has 0 aromatic carbocycles. The molecule has 56 heavy (non-hydrogen) atoms. The van der Waals surface area contributed by atoms with Crippen LogP contribution in [0.25, 0.3) is 0 Å². The summed E-state index contributed by atoms with van der Waals surface area (Å²) in [5.74, 6) is -2.21. The lowest BCUT2D eigenvalue weighted by molar-refractivity contribution is -0.357. The van der Waals surface area contributed by atoms with E-state index in [4.69, 9.17) is 37.5 Å². The number of nitrogens with one attached hydrogen (secondary N) is 2. The van der Waals surface area contributed by atoms with Crippen molar-refractivity contribution in [3.8, 4) is 0 Å². The van der Waals surface area contributed by atoms with Crippen LogP contribution < -0.4 is 9.44 Å². The Kier molecular flexibility index (Phi) is 16.0. The van der Waals surface area contributed by atoms with E-state index in [0.29, 0.717) is 0 Å². The van der Waals surface area contributed by atoms with Crippen LogP contribution in [0.2, 0.25) is 0 Å². The Bertz CT molecular complexity index is 1920. The van der Waals surface area contributed by atoms with Crippen LogP contribution in [0, 0.1) is 0 Å². The Hall–Kier alpha value is -1.58. The molecule has 3 saturated heterocycles. The molecule has 0 spiro atoms.